The van der Waals surface area contributed by atoms with Gasteiger partial charge in [-0.3, -0.25) is 0 Å². The average molecular weight is 210 g/mol. The van der Waals surface area contributed by atoms with Crippen molar-refractivity contribution in [2.75, 3.05) is 26.1 Å². The van der Waals surface area contributed by atoms with E-state index < -0.39 is 5.69 Å². The largest absolute Gasteiger partial charge is 0.468 e. The molecule has 0 bridgehead atoms. The minimum atomic E-state index is -0.398. The Balaban J connectivity index is 3.30. The van der Waals surface area contributed by atoms with Crippen LogP contribution in [0.3, 0.4) is 0 Å². The van der Waals surface area contributed by atoms with Crippen molar-refractivity contribution in [3.8, 4) is 6.01 Å². The van der Waals surface area contributed by atoms with Gasteiger partial charge in [0.05, 0.1) is 13.7 Å². The van der Waals surface area contributed by atoms with E-state index in [2.05, 4.69) is 16.5 Å². The summed E-state index contributed by atoms with van der Waals surface area (Å²) in [7, 11) is 4.97. The van der Waals surface area contributed by atoms with Gasteiger partial charge in [-0.25, -0.2) is 9.36 Å². The number of hydrogen-bond acceptors (Lipinski definition) is 5. The molecule has 0 fully saturated rings. The topological polar surface area (TPSA) is 60.2 Å². The van der Waals surface area contributed by atoms with Gasteiger partial charge in [-0.1, -0.05) is 6.08 Å². The van der Waals surface area contributed by atoms with Gasteiger partial charge in [0.15, 0.2) is 0 Å². The summed E-state index contributed by atoms with van der Waals surface area (Å²) in [5, 5.41) is 0. The van der Waals surface area contributed by atoms with E-state index in [1.165, 1.54) is 11.7 Å². The van der Waals surface area contributed by atoms with Crippen molar-refractivity contribution in [2.24, 2.45) is 0 Å². The molecule has 0 saturated heterocycles. The normalized spacial score (nSPS) is 9.80. The Kier molecular flexibility index (Phi) is 3.43. The first-order valence-electron chi connectivity index (χ1n) is 4.41. The fourth-order valence-corrected chi connectivity index (χ4v) is 1.04. The zero-order valence-corrected chi connectivity index (χ0v) is 9.10. The van der Waals surface area contributed by atoms with E-state index in [0.29, 0.717) is 12.5 Å². The summed E-state index contributed by atoms with van der Waals surface area (Å²) in [4.78, 5) is 21.1. The molecular weight excluding hydrogens is 196 g/mol. The van der Waals surface area contributed by atoms with Crippen molar-refractivity contribution >= 4 is 5.95 Å². The third-order valence-corrected chi connectivity index (χ3v) is 1.75. The maximum absolute atomic E-state index is 11.6. The first kappa shape index (κ1) is 11.2. The monoisotopic (exact) mass is 210 g/mol. The third-order valence-electron chi connectivity index (χ3n) is 1.75. The Bertz CT molecular complexity index is 411. The Morgan fingerprint density at radius 2 is 2.20 bits per heavy atom. The van der Waals surface area contributed by atoms with Crippen LogP contribution in [-0.2, 0) is 6.54 Å². The van der Waals surface area contributed by atoms with E-state index in [4.69, 9.17) is 4.74 Å². The minimum Gasteiger partial charge on any atom is -0.468 e. The number of allylic oxidation sites excluding steroid dienone is 1. The summed E-state index contributed by atoms with van der Waals surface area (Å²) in [6, 6.07) is 0.235. The van der Waals surface area contributed by atoms with Crippen LogP contribution in [0.2, 0.25) is 0 Å². The second kappa shape index (κ2) is 4.59. The van der Waals surface area contributed by atoms with E-state index in [1.54, 1.807) is 25.1 Å². The van der Waals surface area contributed by atoms with Crippen LogP contribution >= 0.6 is 0 Å². The maximum Gasteiger partial charge on any atom is 0.355 e. The van der Waals surface area contributed by atoms with E-state index in [1.807, 2.05) is 0 Å². The van der Waals surface area contributed by atoms with Crippen LogP contribution in [-0.4, -0.2) is 35.7 Å². The Labute approximate surface area is 87.8 Å². The predicted molar refractivity (Wildman–Crippen MR) is 57.4 cm³/mol. The summed E-state index contributed by atoms with van der Waals surface area (Å²) < 4.78 is 6.31. The molecule has 0 spiro atoms. The zero-order valence-electron chi connectivity index (χ0n) is 9.10. The highest BCUT2D eigenvalue weighted by Gasteiger charge is 2.10. The molecule has 1 aromatic rings. The molecule has 0 unspecified atom stereocenters. The van der Waals surface area contributed by atoms with Crippen LogP contribution < -0.4 is 15.3 Å². The Hall–Kier alpha value is -1.85. The second-order valence-electron chi connectivity index (χ2n) is 3.09. The minimum absolute atomic E-state index is 0.235. The van der Waals surface area contributed by atoms with Crippen LogP contribution in [0.5, 0.6) is 6.01 Å². The first-order valence-corrected chi connectivity index (χ1v) is 4.41. The first-order chi connectivity index (χ1) is 7.10. The molecule has 1 aromatic heterocycles. The van der Waals surface area contributed by atoms with Gasteiger partial charge in [0.1, 0.15) is 0 Å². The molecule has 6 nitrogen and oxygen atoms in total. The smallest absolute Gasteiger partial charge is 0.355 e. The van der Waals surface area contributed by atoms with Crippen molar-refractivity contribution in [1.82, 2.24) is 14.5 Å². The second-order valence-corrected chi connectivity index (χ2v) is 3.09. The molecule has 82 valence electrons. The lowest BCUT2D eigenvalue weighted by Crippen LogP contribution is -2.28. The standard InChI is InChI=1S/C9H14N4O2/c1-5-6-13-8(14)10-7(12(2)3)11-9(13)15-4/h5H,1,6H2,2-4H3. The number of ether oxygens (including phenoxy) is 1. The SMILES string of the molecule is C=CCn1c(OC)nc(N(C)C)nc1=O. The van der Waals surface area contributed by atoms with Crippen molar-refractivity contribution in [2.45, 2.75) is 6.54 Å². The summed E-state index contributed by atoms with van der Waals surface area (Å²) >= 11 is 0. The number of anilines is 1. The maximum atomic E-state index is 11.6. The van der Waals surface area contributed by atoms with E-state index >= 15 is 0 Å². The molecule has 0 atom stereocenters. The van der Waals surface area contributed by atoms with Gasteiger partial charge in [0.2, 0.25) is 5.95 Å². The van der Waals surface area contributed by atoms with Gasteiger partial charge in [-0.05, 0) is 0 Å². The highest BCUT2D eigenvalue weighted by Crippen LogP contribution is 2.07. The van der Waals surface area contributed by atoms with Gasteiger partial charge in [0, 0.05) is 14.1 Å². The van der Waals surface area contributed by atoms with E-state index in [9.17, 15) is 4.79 Å². The molecule has 0 aliphatic carbocycles. The molecule has 0 saturated carbocycles. The highest BCUT2D eigenvalue weighted by molar-refractivity contribution is 5.26. The van der Waals surface area contributed by atoms with Gasteiger partial charge in [-0.15, -0.1) is 6.58 Å². The fourth-order valence-electron chi connectivity index (χ4n) is 1.04. The predicted octanol–water partition coefficient (Wildman–Crippen LogP) is -0.101. The lowest BCUT2D eigenvalue weighted by molar-refractivity contribution is 0.348. The van der Waals surface area contributed by atoms with Crippen molar-refractivity contribution in [1.29, 1.82) is 0 Å². The average Bonchev–Trinajstić information content (AvgIpc) is 2.20. The van der Waals surface area contributed by atoms with Gasteiger partial charge >= 0.3 is 11.7 Å². The summed E-state index contributed by atoms with van der Waals surface area (Å²) in [5.74, 6) is 0.331. The number of rotatable bonds is 4. The molecule has 0 amide bonds. The summed E-state index contributed by atoms with van der Waals surface area (Å²) in [5.41, 5.74) is -0.398. The number of methoxy groups -OCH3 is 1. The van der Waals surface area contributed by atoms with Crippen LogP contribution in [0.4, 0.5) is 5.95 Å². The molecule has 0 radical (unpaired) electrons. The quantitative estimate of drug-likeness (QED) is 0.649. The number of aromatic nitrogens is 3. The lowest BCUT2D eigenvalue weighted by Gasteiger charge is -2.13. The van der Waals surface area contributed by atoms with Crippen molar-refractivity contribution < 1.29 is 4.74 Å². The van der Waals surface area contributed by atoms with Crippen molar-refractivity contribution in [3.63, 3.8) is 0 Å². The van der Waals surface area contributed by atoms with Crippen LogP contribution in [0.15, 0.2) is 17.4 Å². The highest BCUT2D eigenvalue weighted by atomic mass is 16.5. The van der Waals surface area contributed by atoms with Gasteiger partial charge < -0.3 is 9.64 Å². The lowest BCUT2D eigenvalue weighted by atomic mass is 10.6. The molecule has 6 heteroatoms. The number of hydrogen-bond donors (Lipinski definition) is 0. The molecule has 0 aliphatic rings. The molecule has 1 heterocycles. The molecular formula is C9H14N4O2. The number of nitrogens with zero attached hydrogens (tertiary/aromatic N) is 4. The molecule has 0 aliphatic heterocycles. The summed E-state index contributed by atoms with van der Waals surface area (Å²) in [6.45, 7) is 3.88. The third kappa shape index (κ3) is 2.34. The van der Waals surface area contributed by atoms with E-state index in [0.717, 1.165) is 0 Å². The summed E-state index contributed by atoms with van der Waals surface area (Å²) in [6.07, 6.45) is 1.59. The van der Waals surface area contributed by atoms with E-state index in [-0.39, 0.29) is 6.01 Å². The Morgan fingerprint density at radius 1 is 1.53 bits per heavy atom. The fraction of sp³-hybridized carbons (Fsp3) is 0.444. The van der Waals surface area contributed by atoms with Crippen LogP contribution in [0, 0.1) is 0 Å². The Morgan fingerprint density at radius 3 is 2.67 bits per heavy atom. The molecule has 0 aromatic carbocycles. The van der Waals surface area contributed by atoms with Crippen molar-refractivity contribution in [3.05, 3.63) is 23.1 Å². The molecule has 1 rings (SSSR count). The van der Waals surface area contributed by atoms with Gasteiger partial charge in [-0.2, -0.15) is 9.97 Å². The van der Waals surface area contributed by atoms with Gasteiger partial charge in [0.25, 0.3) is 0 Å². The van der Waals surface area contributed by atoms with Crippen LogP contribution in [0.25, 0.3) is 0 Å². The van der Waals surface area contributed by atoms with Crippen LogP contribution in [0.1, 0.15) is 0 Å². The molecule has 0 N–H and O–H groups in total. The zero-order chi connectivity index (χ0) is 11.4. The molecule has 15 heavy (non-hydrogen) atoms.